The number of aromatic nitrogens is 2. The lowest BCUT2D eigenvalue weighted by atomic mass is 9.97. The number of nitrogens with zero attached hydrogens (tertiary/aromatic N) is 1. The molecule has 2 aliphatic rings. The summed E-state index contributed by atoms with van der Waals surface area (Å²) < 4.78 is 18.3. The van der Waals surface area contributed by atoms with Crippen molar-refractivity contribution in [2.45, 2.75) is 43.7 Å². The fraction of sp³-hybridized carbons (Fsp3) is 0.692. The summed E-state index contributed by atoms with van der Waals surface area (Å²) in [7, 11) is 0. The van der Waals surface area contributed by atoms with Crippen LogP contribution in [-0.2, 0) is 14.2 Å². The maximum atomic E-state index is 12.0. The van der Waals surface area contributed by atoms with Gasteiger partial charge in [-0.05, 0) is 13.8 Å². The molecule has 9 nitrogen and oxygen atoms in total. The molecule has 1 aromatic rings. The smallest absolute Gasteiger partial charge is 0.330 e. The first-order valence-corrected chi connectivity index (χ1v) is 6.88. The van der Waals surface area contributed by atoms with Crippen LogP contribution in [0.3, 0.4) is 0 Å². The molecule has 2 fully saturated rings. The maximum Gasteiger partial charge on any atom is 0.330 e. The molecule has 0 unspecified atom stereocenters. The number of ether oxygens (including phenoxy) is 3. The minimum absolute atomic E-state index is 0.501. The molecular formula is C13H18N2O7. The lowest BCUT2D eigenvalue weighted by molar-refractivity contribution is -0.234. The molecule has 0 saturated carbocycles. The summed E-state index contributed by atoms with van der Waals surface area (Å²) in [6, 6.07) is 1.18. The van der Waals surface area contributed by atoms with Gasteiger partial charge in [0.2, 0.25) is 0 Å². The van der Waals surface area contributed by atoms with Crippen LogP contribution in [0.1, 0.15) is 20.1 Å². The minimum atomic E-state index is -1.39. The Bertz CT molecular complexity index is 675. The standard InChI is InChI=1S/C13H18N2O7/c1-12(2)20-8-9(21-12)13(5-16,6-17)22-10(8)15-4-3-7(18)14-11(15)19/h3-4,8-10,16-17H,5-6H2,1-2H3,(H,14,18,19)/t8-,9+,10-/m1/s1. The predicted octanol–water partition coefficient (Wildman–Crippen LogP) is -1.69. The molecule has 2 saturated heterocycles. The number of aliphatic hydroxyl groups is 2. The van der Waals surface area contributed by atoms with Crippen molar-refractivity contribution in [1.82, 2.24) is 9.55 Å². The van der Waals surface area contributed by atoms with Gasteiger partial charge < -0.3 is 24.4 Å². The zero-order valence-electron chi connectivity index (χ0n) is 12.2. The van der Waals surface area contributed by atoms with E-state index in [4.69, 9.17) is 14.2 Å². The van der Waals surface area contributed by atoms with Crippen molar-refractivity contribution >= 4 is 0 Å². The Morgan fingerprint density at radius 3 is 2.50 bits per heavy atom. The highest BCUT2D eigenvalue weighted by Gasteiger charge is 2.63. The van der Waals surface area contributed by atoms with Gasteiger partial charge in [0, 0.05) is 12.3 Å². The van der Waals surface area contributed by atoms with Gasteiger partial charge in [-0.1, -0.05) is 0 Å². The highest BCUT2D eigenvalue weighted by Crippen LogP contribution is 2.47. The third-order valence-corrected chi connectivity index (χ3v) is 3.94. The fourth-order valence-electron chi connectivity index (χ4n) is 2.93. The Balaban J connectivity index is 2.05. The molecule has 0 bridgehead atoms. The van der Waals surface area contributed by atoms with Crippen molar-refractivity contribution < 1.29 is 24.4 Å². The third kappa shape index (κ3) is 2.22. The number of aliphatic hydroxyl groups excluding tert-OH is 2. The molecule has 0 spiro atoms. The van der Waals surface area contributed by atoms with Crippen molar-refractivity contribution in [3.8, 4) is 0 Å². The second-order valence-electron chi connectivity index (χ2n) is 5.93. The Hall–Kier alpha value is -1.52. The van der Waals surface area contributed by atoms with Crippen LogP contribution in [0, 0.1) is 0 Å². The molecule has 0 amide bonds. The number of hydrogen-bond donors (Lipinski definition) is 3. The average Bonchev–Trinajstić information content (AvgIpc) is 2.91. The molecule has 0 radical (unpaired) electrons. The van der Waals surface area contributed by atoms with E-state index in [-0.39, 0.29) is 0 Å². The van der Waals surface area contributed by atoms with Crippen LogP contribution in [0.4, 0.5) is 0 Å². The van der Waals surface area contributed by atoms with E-state index in [1.807, 2.05) is 0 Å². The van der Waals surface area contributed by atoms with Crippen molar-refractivity contribution in [2.24, 2.45) is 0 Å². The molecule has 9 heteroatoms. The highest BCUT2D eigenvalue weighted by molar-refractivity contribution is 5.06. The zero-order valence-corrected chi connectivity index (χ0v) is 12.2. The summed E-state index contributed by atoms with van der Waals surface area (Å²) >= 11 is 0. The number of nitrogens with one attached hydrogen (secondary N) is 1. The van der Waals surface area contributed by atoms with E-state index < -0.39 is 54.3 Å². The van der Waals surface area contributed by atoms with Crippen LogP contribution in [0.2, 0.25) is 0 Å². The van der Waals surface area contributed by atoms with E-state index in [9.17, 15) is 19.8 Å². The molecular weight excluding hydrogens is 296 g/mol. The number of rotatable bonds is 3. The van der Waals surface area contributed by atoms with Gasteiger partial charge in [0.1, 0.15) is 17.8 Å². The summed E-state index contributed by atoms with van der Waals surface area (Å²) in [6.07, 6.45) is -1.11. The van der Waals surface area contributed by atoms with Crippen molar-refractivity contribution in [1.29, 1.82) is 0 Å². The predicted molar refractivity (Wildman–Crippen MR) is 72.2 cm³/mol. The quantitative estimate of drug-likeness (QED) is 0.608. The van der Waals surface area contributed by atoms with E-state index in [0.717, 1.165) is 4.57 Å². The topological polar surface area (TPSA) is 123 Å². The van der Waals surface area contributed by atoms with Crippen LogP contribution < -0.4 is 11.2 Å². The molecule has 122 valence electrons. The SMILES string of the molecule is CC1(C)O[C@H]2[C@H](n3ccc(=O)[nH]c3=O)OC(CO)(CO)[C@H]2O1. The normalized spacial score (nSPS) is 32.1. The molecule has 2 aliphatic heterocycles. The van der Waals surface area contributed by atoms with Gasteiger partial charge in [0.15, 0.2) is 12.0 Å². The average molecular weight is 314 g/mol. The van der Waals surface area contributed by atoms with Gasteiger partial charge in [-0.2, -0.15) is 0 Å². The first-order chi connectivity index (χ1) is 10.3. The van der Waals surface area contributed by atoms with E-state index in [0.29, 0.717) is 0 Å². The molecule has 3 atom stereocenters. The number of aromatic amines is 1. The lowest BCUT2D eigenvalue weighted by Gasteiger charge is -2.31. The maximum absolute atomic E-state index is 12.0. The summed E-state index contributed by atoms with van der Waals surface area (Å²) in [6.45, 7) is 2.38. The first kappa shape index (κ1) is 15.4. The van der Waals surface area contributed by atoms with Crippen molar-refractivity contribution in [3.63, 3.8) is 0 Å². The van der Waals surface area contributed by atoms with Crippen molar-refractivity contribution in [3.05, 3.63) is 33.1 Å². The van der Waals surface area contributed by atoms with Gasteiger partial charge in [-0.3, -0.25) is 14.3 Å². The fourth-order valence-corrected chi connectivity index (χ4v) is 2.93. The van der Waals surface area contributed by atoms with E-state index in [2.05, 4.69) is 4.98 Å². The van der Waals surface area contributed by atoms with Crippen LogP contribution in [0.25, 0.3) is 0 Å². The van der Waals surface area contributed by atoms with E-state index in [1.165, 1.54) is 12.3 Å². The lowest BCUT2D eigenvalue weighted by Crippen LogP contribution is -2.49. The highest BCUT2D eigenvalue weighted by atomic mass is 16.8. The minimum Gasteiger partial charge on any atom is -0.393 e. The number of H-pyrrole nitrogens is 1. The third-order valence-electron chi connectivity index (χ3n) is 3.94. The Labute approximate surface area is 125 Å². The Morgan fingerprint density at radius 1 is 1.23 bits per heavy atom. The van der Waals surface area contributed by atoms with E-state index in [1.54, 1.807) is 13.8 Å². The van der Waals surface area contributed by atoms with Gasteiger partial charge in [0.25, 0.3) is 5.56 Å². The number of hydrogen-bond acceptors (Lipinski definition) is 7. The molecule has 3 rings (SSSR count). The Kier molecular flexibility index (Phi) is 3.49. The van der Waals surface area contributed by atoms with Gasteiger partial charge in [-0.15, -0.1) is 0 Å². The monoisotopic (exact) mass is 314 g/mol. The molecule has 0 aromatic carbocycles. The second kappa shape index (κ2) is 5.00. The van der Waals surface area contributed by atoms with Gasteiger partial charge in [0.05, 0.1) is 13.2 Å². The zero-order chi connectivity index (χ0) is 16.1. The summed E-state index contributed by atoms with van der Waals surface area (Å²) in [5, 5.41) is 19.3. The van der Waals surface area contributed by atoms with Gasteiger partial charge in [-0.25, -0.2) is 4.79 Å². The summed E-state index contributed by atoms with van der Waals surface area (Å²) in [4.78, 5) is 25.3. The van der Waals surface area contributed by atoms with Gasteiger partial charge >= 0.3 is 5.69 Å². The van der Waals surface area contributed by atoms with Crippen LogP contribution in [0.5, 0.6) is 0 Å². The van der Waals surface area contributed by atoms with Crippen molar-refractivity contribution in [2.75, 3.05) is 13.2 Å². The largest absolute Gasteiger partial charge is 0.393 e. The summed E-state index contributed by atoms with van der Waals surface area (Å²) in [5.41, 5.74) is -2.59. The second-order valence-corrected chi connectivity index (χ2v) is 5.93. The van der Waals surface area contributed by atoms with Crippen LogP contribution in [-0.4, -0.2) is 56.6 Å². The molecule has 1 aromatic heterocycles. The number of fused-ring (bicyclic) bond motifs is 1. The van der Waals surface area contributed by atoms with Crippen LogP contribution in [0.15, 0.2) is 21.9 Å². The van der Waals surface area contributed by atoms with Crippen LogP contribution >= 0.6 is 0 Å². The van der Waals surface area contributed by atoms with E-state index >= 15 is 0 Å². The molecule has 3 N–H and O–H groups in total. The summed E-state index contributed by atoms with van der Waals surface area (Å²) in [5.74, 6) is -0.946. The molecule has 22 heavy (non-hydrogen) atoms. The first-order valence-electron chi connectivity index (χ1n) is 6.88. The molecule has 3 heterocycles. The Morgan fingerprint density at radius 2 is 1.91 bits per heavy atom. The molecule has 0 aliphatic carbocycles.